The molecule has 0 spiro atoms. The molecule has 1 saturated carbocycles. The highest BCUT2D eigenvalue weighted by Crippen LogP contribution is 2.33. The maximum absolute atomic E-state index is 12.6. The number of rotatable bonds is 3. The Bertz CT molecular complexity index is 989. The lowest BCUT2D eigenvalue weighted by Gasteiger charge is -2.22. The third-order valence-electron chi connectivity index (χ3n) is 4.81. The van der Waals surface area contributed by atoms with Crippen LogP contribution < -0.4 is 0 Å². The molecule has 0 unspecified atom stereocenters. The molecule has 0 radical (unpaired) electrons. The normalized spacial score (nSPS) is 16.3. The summed E-state index contributed by atoms with van der Waals surface area (Å²) in [6.07, 6.45) is 5.75. The van der Waals surface area contributed by atoms with E-state index in [9.17, 15) is 16.8 Å². The average Bonchev–Trinajstić information content (AvgIpc) is 2.69. The predicted molar refractivity (Wildman–Crippen MR) is 101 cm³/mol. The maximum atomic E-state index is 12.6. The number of hydrogen-bond acceptors (Lipinski definition) is 5. The van der Waals surface area contributed by atoms with Crippen molar-refractivity contribution in [3.63, 3.8) is 0 Å². The van der Waals surface area contributed by atoms with Crippen LogP contribution >= 0.6 is 0 Å². The molecule has 0 aliphatic heterocycles. The van der Waals surface area contributed by atoms with Crippen molar-refractivity contribution < 1.29 is 16.8 Å². The van der Waals surface area contributed by atoms with E-state index in [0.717, 1.165) is 18.4 Å². The highest BCUT2D eigenvalue weighted by atomic mass is 32.3. The molecule has 0 bridgehead atoms. The van der Waals surface area contributed by atoms with E-state index in [1.165, 1.54) is 55.7 Å². The number of nitrogens with one attached hydrogen (secondary N) is 1. The van der Waals surface area contributed by atoms with Crippen LogP contribution in [0.15, 0.2) is 64.4 Å². The van der Waals surface area contributed by atoms with Crippen LogP contribution in [0.1, 0.15) is 43.6 Å². The van der Waals surface area contributed by atoms with Gasteiger partial charge in [-0.3, -0.25) is 5.41 Å². The molecule has 26 heavy (non-hydrogen) atoms. The third kappa shape index (κ3) is 3.59. The van der Waals surface area contributed by atoms with Crippen LogP contribution in [0.3, 0.4) is 0 Å². The fourth-order valence-corrected chi connectivity index (χ4v) is 6.48. The van der Waals surface area contributed by atoms with Crippen LogP contribution in [0.25, 0.3) is 0 Å². The second kappa shape index (κ2) is 7.32. The predicted octanol–water partition coefficient (Wildman–Crippen LogP) is 3.92. The first-order valence-electron chi connectivity index (χ1n) is 8.57. The lowest BCUT2D eigenvalue weighted by atomic mass is 9.84. The average molecular weight is 392 g/mol. The Kier molecular flexibility index (Phi) is 5.29. The molecule has 0 atom stereocenters. The summed E-state index contributed by atoms with van der Waals surface area (Å²) in [7, 11) is -8.78. The lowest BCUT2D eigenvalue weighted by Crippen LogP contribution is -2.24. The van der Waals surface area contributed by atoms with E-state index in [0.29, 0.717) is 5.92 Å². The summed E-state index contributed by atoms with van der Waals surface area (Å²) in [6.45, 7) is 0. The van der Waals surface area contributed by atoms with Gasteiger partial charge in [-0.25, -0.2) is 16.8 Å². The maximum Gasteiger partial charge on any atom is 0.249 e. The first-order valence-corrected chi connectivity index (χ1v) is 11.5. The van der Waals surface area contributed by atoms with Gasteiger partial charge in [0.2, 0.25) is 24.1 Å². The molecule has 2 aromatic carbocycles. The monoisotopic (exact) mass is 391 g/mol. The molecule has 0 aromatic heterocycles. The first-order chi connectivity index (χ1) is 12.3. The van der Waals surface area contributed by atoms with Gasteiger partial charge in [0.15, 0.2) is 0 Å². The summed E-state index contributed by atoms with van der Waals surface area (Å²) < 4.78 is 48.9. The highest BCUT2D eigenvalue weighted by molar-refractivity contribution is 8.31. The Balaban J connectivity index is 1.89. The topological polar surface area (TPSA) is 92.1 Å². The smallest absolute Gasteiger partial charge is 0.249 e. The molecule has 0 heterocycles. The minimum Gasteiger partial charge on any atom is -0.279 e. The minimum atomic E-state index is -4.40. The zero-order valence-corrected chi connectivity index (χ0v) is 15.9. The van der Waals surface area contributed by atoms with Gasteiger partial charge < -0.3 is 0 Å². The van der Waals surface area contributed by atoms with Gasteiger partial charge in [0.1, 0.15) is 0 Å². The molecule has 1 fully saturated rings. The van der Waals surface area contributed by atoms with Crippen molar-refractivity contribution >= 4 is 24.1 Å². The summed E-state index contributed by atoms with van der Waals surface area (Å²) in [5.41, 5.74) is 1.07. The molecule has 0 amide bonds. The summed E-state index contributed by atoms with van der Waals surface area (Å²) in [5, 5.41) is 7.84. The van der Waals surface area contributed by atoms with Gasteiger partial charge >= 0.3 is 0 Å². The number of benzene rings is 2. The van der Waals surface area contributed by atoms with Gasteiger partial charge in [-0.1, -0.05) is 49.6 Å². The Hall–Kier alpha value is -1.99. The van der Waals surface area contributed by atoms with E-state index in [-0.39, 0.29) is 9.79 Å². The zero-order valence-electron chi connectivity index (χ0n) is 14.3. The second-order valence-electron chi connectivity index (χ2n) is 6.51. The molecule has 0 saturated heterocycles. The van der Waals surface area contributed by atoms with Crippen LogP contribution in [0.4, 0.5) is 0 Å². The highest BCUT2D eigenvalue weighted by Gasteiger charge is 2.34. The van der Waals surface area contributed by atoms with E-state index in [4.69, 9.17) is 5.41 Å². The van der Waals surface area contributed by atoms with Crippen molar-refractivity contribution in [2.75, 3.05) is 0 Å². The van der Waals surface area contributed by atoms with E-state index in [1.807, 2.05) is 0 Å². The number of hydrogen-bond donors (Lipinski definition) is 1. The Morgan fingerprint density at radius 3 is 1.77 bits per heavy atom. The standard InChI is InChI=1S/C19H21NO4S2/c20-19(25(21,22)17-9-5-2-6-10-17)26(23,24)18-13-11-16(12-14-18)15-7-3-1-4-8-15/h2,5-6,9-15,20H,1,3-4,7-8H2. The largest absolute Gasteiger partial charge is 0.279 e. The Labute approximate surface area is 154 Å². The van der Waals surface area contributed by atoms with Crippen molar-refractivity contribution in [3.8, 4) is 0 Å². The van der Waals surface area contributed by atoms with E-state index < -0.39 is 24.1 Å². The Morgan fingerprint density at radius 1 is 0.731 bits per heavy atom. The van der Waals surface area contributed by atoms with Crippen LogP contribution in [0.2, 0.25) is 0 Å². The van der Waals surface area contributed by atoms with Crippen molar-refractivity contribution in [1.82, 2.24) is 0 Å². The third-order valence-corrected chi connectivity index (χ3v) is 8.89. The van der Waals surface area contributed by atoms with Gasteiger partial charge in [0.25, 0.3) is 0 Å². The first kappa shape index (κ1) is 18.8. The molecule has 3 rings (SSSR count). The molecule has 1 N–H and O–H groups in total. The van der Waals surface area contributed by atoms with Gasteiger partial charge in [-0.15, -0.1) is 0 Å². The summed E-state index contributed by atoms with van der Waals surface area (Å²) >= 11 is 0. The van der Waals surface area contributed by atoms with Crippen LogP contribution in [-0.4, -0.2) is 21.2 Å². The van der Waals surface area contributed by atoms with Crippen LogP contribution in [-0.2, 0) is 19.7 Å². The SMILES string of the molecule is N=C(S(=O)(=O)c1ccccc1)S(=O)(=O)c1ccc(C2CCCCC2)cc1. The van der Waals surface area contributed by atoms with Crippen LogP contribution in [0.5, 0.6) is 0 Å². The molecule has 1 aliphatic carbocycles. The summed E-state index contributed by atoms with van der Waals surface area (Å²) in [6, 6.07) is 13.5. The van der Waals surface area contributed by atoms with Gasteiger partial charge in [0.05, 0.1) is 9.79 Å². The summed E-state index contributed by atoms with van der Waals surface area (Å²) in [4.78, 5) is -0.367. The van der Waals surface area contributed by atoms with E-state index in [1.54, 1.807) is 18.2 Å². The van der Waals surface area contributed by atoms with Gasteiger partial charge in [-0.2, -0.15) is 0 Å². The van der Waals surface area contributed by atoms with Gasteiger partial charge in [-0.05, 0) is 48.6 Å². The number of sulfone groups is 2. The summed E-state index contributed by atoms with van der Waals surface area (Å²) in [5.74, 6) is 0.424. The molecular weight excluding hydrogens is 370 g/mol. The minimum absolute atomic E-state index is 0.165. The van der Waals surface area contributed by atoms with Crippen molar-refractivity contribution in [1.29, 1.82) is 5.41 Å². The second-order valence-corrected chi connectivity index (χ2v) is 10.5. The fraction of sp³-hybridized carbons (Fsp3) is 0.316. The van der Waals surface area contributed by atoms with E-state index in [2.05, 4.69) is 0 Å². The van der Waals surface area contributed by atoms with Gasteiger partial charge in [0, 0.05) is 0 Å². The molecule has 1 aliphatic rings. The molecule has 5 nitrogen and oxygen atoms in total. The lowest BCUT2D eigenvalue weighted by molar-refractivity contribution is 0.443. The Morgan fingerprint density at radius 2 is 1.23 bits per heavy atom. The van der Waals surface area contributed by atoms with E-state index >= 15 is 0 Å². The van der Waals surface area contributed by atoms with Crippen LogP contribution in [0, 0.1) is 5.41 Å². The van der Waals surface area contributed by atoms with Crippen molar-refractivity contribution in [2.45, 2.75) is 47.8 Å². The quantitative estimate of drug-likeness (QED) is 0.634. The molecular formula is C19H21NO4S2. The van der Waals surface area contributed by atoms with Crippen molar-refractivity contribution in [2.24, 2.45) is 0 Å². The molecule has 7 heteroatoms. The molecule has 138 valence electrons. The van der Waals surface area contributed by atoms with Crippen molar-refractivity contribution in [3.05, 3.63) is 60.2 Å². The fourth-order valence-electron chi connectivity index (χ4n) is 3.31. The molecule has 2 aromatic rings. The zero-order chi connectivity index (χ0) is 18.8.